The van der Waals surface area contributed by atoms with E-state index in [2.05, 4.69) is 16.2 Å². The second-order valence-corrected chi connectivity index (χ2v) is 7.64. The number of carbonyl (C=O) groups is 1. The molecule has 0 aliphatic carbocycles. The van der Waals surface area contributed by atoms with Crippen molar-refractivity contribution in [3.8, 4) is 18.1 Å². The predicted molar refractivity (Wildman–Crippen MR) is 115 cm³/mol. The van der Waals surface area contributed by atoms with Gasteiger partial charge in [-0.3, -0.25) is 4.79 Å². The molecule has 6 heteroatoms. The Balaban J connectivity index is 1.51. The fourth-order valence-corrected chi connectivity index (χ4v) is 4.15. The smallest absolute Gasteiger partial charge is 0.252 e. The Kier molecular flexibility index (Phi) is 7.53. The van der Waals surface area contributed by atoms with Crippen molar-refractivity contribution >= 4 is 29.0 Å². The number of hydrogen-bond acceptors (Lipinski definition) is 5. The third-order valence-electron chi connectivity index (χ3n) is 3.94. The highest BCUT2D eigenvalue weighted by molar-refractivity contribution is 7.98. The second kappa shape index (κ2) is 10.5. The van der Waals surface area contributed by atoms with Gasteiger partial charge in [0, 0.05) is 22.6 Å². The van der Waals surface area contributed by atoms with Crippen LogP contribution in [0.15, 0.2) is 64.3 Å². The first-order chi connectivity index (χ1) is 13.8. The third kappa shape index (κ3) is 5.88. The Labute approximate surface area is 173 Å². The molecular formula is C22H20N2O2S2. The maximum Gasteiger partial charge on any atom is 0.252 e. The van der Waals surface area contributed by atoms with Crippen molar-refractivity contribution in [2.24, 2.45) is 0 Å². The Morgan fingerprint density at radius 2 is 2.04 bits per heavy atom. The molecule has 0 radical (unpaired) electrons. The molecule has 0 unspecified atom stereocenters. The summed E-state index contributed by atoms with van der Waals surface area (Å²) in [6, 6.07) is 15.4. The SMILES string of the molecule is C#CCOc1ccc(CCNC(=O)c2ccccc2SCc2cscn2)cc1. The van der Waals surface area contributed by atoms with E-state index < -0.39 is 0 Å². The van der Waals surface area contributed by atoms with E-state index in [1.807, 2.05) is 59.4 Å². The topological polar surface area (TPSA) is 51.2 Å². The van der Waals surface area contributed by atoms with Gasteiger partial charge in [0.05, 0.1) is 16.8 Å². The van der Waals surface area contributed by atoms with Crippen LogP contribution in [0.1, 0.15) is 21.6 Å². The minimum absolute atomic E-state index is 0.0599. The van der Waals surface area contributed by atoms with Gasteiger partial charge in [0.2, 0.25) is 0 Å². The van der Waals surface area contributed by atoms with Gasteiger partial charge in [0.1, 0.15) is 12.4 Å². The lowest BCUT2D eigenvalue weighted by Gasteiger charge is -2.10. The van der Waals surface area contributed by atoms with Crippen LogP contribution in [0.4, 0.5) is 0 Å². The van der Waals surface area contributed by atoms with E-state index in [1.54, 1.807) is 23.1 Å². The molecule has 1 N–H and O–H groups in total. The number of thiazole rings is 1. The fourth-order valence-electron chi connectivity index (χ4n) is 2.53. The number of carbonyl (C=O) groups excluding carboxylic acids is 1. The average molecular weight is 409 g/mol. The van der Waals surface area contributed by atoms with Crippen molar-refractivity contribution in [2.75, 3.05) is 13.2 Å². The Bertz CT molecular complexity index is 932. The number of rotatable bonds is 9. The molecule has 3 rings (SSSR count). The molecule has 0 aliphatic heterocycles. The number of aromatic nitrogens is 1. The largest absolute Gasteiger partial charge is 0.481 e. The summed E-state index contributed by atoms with van der Waals surface area (Å²) >= 11 is 3.20. The van der Waals surface area contributed by atoms with Gasteiger partial charge < -0.3 is 10.1 Å². The highest BCUT2D eigenvalue weighted by Crippen LogP contribution is 2.26. The Hall–Kier alpha value is -2.75. The van der Waals surface area contributed by atoms with E-state index in [1.165, 1.54) is 0 Å². The minimum Gasteiger partial charge on any atom is -0.481 e. The Morgan fingerprint density at radius 1 is 1.21 bits per heavy atom. The highest BCUT2D eigenvalue weighted by Gasteiger charge is 2.11. The lowest BCUT2D eigenvalue weighted by molar-refractivity contribution is 0.0951. The van der Waals surface area contributed by atoms with E-state index in [4.69, 9.17) is 11.2 Å². The van der Waals surface area contributed by atoms with Crippen molar-refractivity contribution in [2.45, 2.75) is 17.1 Å². The van der Waals surface area contributed by atoms with Crippen LogP contribution in [0.3, 0.4) is 0 Å². The summed E-state index contributed by atoms with van der Waals surface area (Å²) in [5.74, 6) is 3.88. The molecule has 1 aromatic heterocycles. The monoisotopic (exact) mass is 408 g/mol. The van der Waals surface area contributed by atoms with Gasteiger partial charge in [-0.25, -0.2) is 4.98 Å². The number of amides is 1. The van der Waals surface area contributed by atoms with E-state index in [-0.39, 0.29) is 12.5 Å². The molecule has 0 bridgehead atoms. The minimum atomic E-state index is -0.0599. The summed E-state index contributed by atoms with van der Waals surface area (Å²) in [5.41, 5.74) is 4.67. The molecule has 0 atom stereocenters. The zero-order valence-electron chi connectivity index (χ0n) is 15.3. The number of ether oxygens (including phenoxy) is 1. The number of nitrogens with zero attached hydrogens (tertiary/aromatic N) is 1. The van der Waals surface area contributed by atoms with Gasteiger partial charge in [0.25, 0.3) is 5.91 Å². The molecule has 0 fully saturated rings. The van der Waals surface area contributed by atoms with E-state index >= 15 is 0 Å². The summed E-state index contributed by atoms with van der Waals surface area (Å²) < 4.78 is 5.36. The maximum absolute atomic E-state index is 12.6. The van der Waals surface area contributed by atoms with Gasteiger partial charge in [-0.05, 0) is 36.2 Å². The van der Waals surface area contributed by atoms with Gasteiger partial charge in [0.15, 0.2) is 0 Å². The number of nitrogens with one attached hydrogen (secondary N) is 1. The fraction of sp³-hybridized carbons (Fsp3) is 0.182. The molecule has 3 aromatic rings. The molecule has 142 valence electrons. The first-order valence-corrected chi connectivity index (χ1v) is 10.7. The predicted octanol–water partition coefficient (Wildman–Crippen LogP) is 4.42. The summed E-state index contributed by atoms with van der Waals surface area (Å²) in [6.45, 7) is 0.823. The van der Waals surface area contributed by atoms with Crippen molar-refractivity contribution in [1.82, 2.24) is 10.3 Å². The van der Waals surface area contributed by atoms with E-state index in [0.717, 1.165) is 34.1 Å². The lowest BCUT2D eigenvalue weighted by Crippen LogP contribution is -2.26. The number of benzene rings is 2. The zero-order chi connectivity index (χ0) is 19.6. The van der Waals surface area contributed by atoms with Crippen molar-refractivity contribution in [3.05, 3.63) is 76.2 Å². The molecule has 0 spiro atoms. The molecule has 0 saturated heterocycles. The second-order valence-electron chi connectivity index (χ2n) is 5.91. The first kappa shape index (κ1) is 20.0. The number of hydrogen-bond donors (Lipinski definition) is 1. The number of thioether (sulfide) groups is 1. The molecule has 0 saturated carbocycles. The van der Waals surface area contributed by atoms with Crippen molar-refractivity contribution in [3.63, 3.8) is 0 Å². The molecule has 1 amide bonds. The first-order valence-electron chi connectivity index (χ1n) is 8.78. The van der Waals surface area contributed by atoms with E-state index in [9.17, 15) is 4.79 Å². The summed E-state index contributed by atoms with van der Waals surface area (Å²) in [6.07, 6.45) is 5.93. The molecule has 28 heavy (non-hydrogen) atoms. The van der Waals surface area contributed by atoms with Crippen LogP contribution >= 0.6 is 23.1 Å². The summed E-state index contributed by atoms with van der Waals surface area (Å²) in [7, 11) is 0. The molecule has 1 heterocycles. The van der Waals surface area contributed by atoms with Gasteiger partial charge in [-0.1, -0.05) is 30.2 Å². The maximum atomic E-state index is 12.6. The van der Waals surface area contributed by atoms with Crippen molar-refractivity contribution in [1.29, 1.82) is 0 Å². The summed E-state index contributed by atoms with van der Waals surface area (Å²) in [4.78, 5) is 17.9. The highest BCUT2D eigenvalue weighted by atomic mass is 32.2. The van der Waals surface area contributed by atoms with Gasteiger partial charge >= 0.3 is 0 Å². The quantitative estimate of drug-likeness (QED) is 0.421. The van der Waals surface area contributed by atoms with Crippen LogP contribution in [-0.2, 0) is 12.2 Å². The Morgan fingerprint density at radius 3 is 2.79 bits per heavy atom. The van der Waals surface area contributed by atoms with Crippen LogP contribution in [0.5, 0.6) is 5.75 Å². The van der Waals surface area contributed by atoms with Crippen LogP contribution in [0.25, 0.3) is 0 Å². The van der Waals surface area contributed by atoms with Crippen LogP contribution in [0.2, 0.25) is 0 Å². The molecular weight excluding hydrogens is 388 g/mol. The molecule has 0 aliphatic rings. The van der Waals surface area contributed by atoms with Gasteiger partial charge in [-0.15, -0.1) is 29.5 Å². The van der Waals surface area contributed by atoms with Gasteiger partial charge in [-0.2, -0.15) is 0 Å². The molecule has 2 aromatic carbocycles. The van der Waals surface area contributed by atoms with E-state index in [0.29, 0.717) is 12.1 Å². The normalized spacial score (nSPS) is 10.2. The third-order valence-corrected chi connectivity index (χ3v) is 5.68. The average Bonchev–Trinajstić information content (AvgIpc) is 3.25. The zero-order valence-corrected chi connectivity index (χ0v) is 16.9. The van der Waals surface area contributed by atoms with Crippen LogP contribution < -0.4 is 10.1 Å². The van der Waals surface area contributed by atoms with Crippen LogP contribution in [-0.4, -0.2) is 24.0 Å². The standard InChI is InChI=1S/C22H20N2O2S2/c1-2-13-26-19-9-7-17(8-10-19)11-12-23-22(25)20-5-3-4-6-21(20)28-15-18-14-27-16-24-18/h1,3-10,14,16H,11-13,15H2,(H,23,25). The summed E-state index contributed by atoms with van der Waals surface area (Å²) in [5, 5.41) is 5.03. The van der Waals surface area contributed by atoms with Crippen molar-refractivity contribution < 1.29 is 9.53 Å². The number of terminal acetylenes is 1. The van der Waals surface area contributed by atoms with Crippen LogP contribution in [0, 0.1) is 12.3 Å². The molecule has 4 nitrogen and oxygen atoms in total. The lowest BCUT2D eigenvalue weighted by atomic mass is 10.1.